The average Bonchev–Trinajstić information content (AvgIpc) is 2.37. The lowest BCUT2D eigenvalue weighted by Gasteiger charge is -2.10. The molecule has 18 heavy (non-hydrogen) atoms. The first-order valence-electron chi connectivity index (χ1n) is 5.54. The third kappa shape index (κ3) is 3.20. The molecule has 0 saturated heterocycles. The minimum absolute atomic E-state index is 0.354. The van der Waals surface area contributed by atoms with Crippen molar-refractivity contribution in [2.45, 2.75) is 6.42 Å². The summed E-state index contributed by atoms with van der Waals surface area (Å²) in [5.41, 5.74) is 8.07. The van der Waals surface area contributed by atoms with Gasteiger partial charge in [0.25, 0.3) is 0 Å². The Balaban J connectivity index is 1.97. The van der Waals surface area contributed by atoms with Gasteiger partial charge in [-0.15, -0.1) is 0 Å². The minimum atomic E-state index is -0.354. The molecule has 0 aliphatic heterocycles. The van der Waals surface area contributed by atoms with Crippen molar-refractivity contribution in [1.29, 1.82) is 0 Å². The number of nitrogens with one attached hydrogen (secondary N) is 1. The maximum absolute atomic E-state index is 13.2. The fourth-order valence-corrected chi connectivity index (χ4v) is 1.95. The van der Waals surface area contributed by atoms with Gasteiger partial charge in [0.2, 0.25) is 0 Å². The molecule has 0 fully saturated rings. The molecule has 0 amide bonds. The Morgan fingerprint density at radius 1 is 1.28 bits per heavy atom. The number of nitrogen functional groups attached to an aromatic ring is 1. The SMILES string of the molecule is Nc1cc(F)c(Br)cc1NCCc1ccncc1. The van der Waals surface area contributed by atoms with E-state index in [2.05, 4.69) is 26.2 Å². The van der Waals surface area contributed by atoms with Crippen LogP contribution in [0.3, 0.4) is 0 Å². The maximum Gasteiger partial charge on any atom is 0.139 e. The van der Waals surface area contributed by atoms with Gasteiger partial charge in [-0.05, 0) is 46.1 Å². The highest BCUT2D eigenvalue weighted by molar-refractivity contribution is 9.10. The molecular weight excluding hydrogens is 297 g/mol. The standard InChI is InChI=1S/C13H13BrFN3/c14-10-7-13(12(16)8-11(10)15)18-6-3-9-1-4-17-5-2-9/h1-2,4-5,7-8,18H,3,6,16H2. The highest BCUT2D eigenvalue weighted by atomic mass is 79.9. The van der Waals surface area contributed by atoms with Gasteiger partial charge in [0, 0.05) is 25.0 Å². The van der Waals surface area contributed by atoms with E-state index >= 15 is 0 Å². The Labute approximate surface area is 113 Å². The van der Waals surface area contributed by atoms with Gasteiger partial charge in [-0.2, -0.15) is 0 Å². The second-order valence-electron chi connectivity index (χ2n) is 3.89. The molecule has 2 rings (SSSR count). The number of pyridine rings is 1. The van der Waals surface area contributed by atoms with E-state index < -0.39 is 0 Å². The number of anilines is 2. The molecule has 0 bridgehead atoms. The predicted octanol–water partition coefficient (Wildman–Crippen LogP) is 3.22. The Bertz CT molecular complexity index is 531. The van der Waals surface area contributed by atoms with Crippen molar-refractivity contribution < 1.29 is 4.39 Å². The van der Waals surface area contributed by atoms with Crippen molar-refractivity contribution in [1.82, 2.24) is 4.98 Å². The van der Waals surface area contributed by atoms with Crippen LogP contribution >= 0.6 is 15.9 Å². The van der Waals surface area contributed by atoms with Crippen molar-refractivity contribution in [3.63, 3.8) is 0 Å². The minimum Gasteiger partial charge on any atom is -0.397 e. The van der Waals surface area contributed by atoms with Crippen molar-refractivity contribution in [2.75, 3.05) is 17.6 Å². The maximum atomic E-state index is 13.2. The summed E-state index contributed by atoms with van der Waals surface area (Å²) < 4.78 is 13.6. The molecule has 0 aliphatic rings. The summed E-state index contributed by atoms with van der Waals surface area (Å²) in [5, 5.41) is 3.19. The second-order valence-corrected chi connectivity index (χ2v) is 4.74. The lowest BCUT2D eigenvalue weighted by atomic mass is 10.2. The lowest BCUT2D eigenvalue weighted by Crippen LogP contribution is -2.07. The van der Waals surface area contributed by atoms with Crippen LogP contribution in [0.25, 0.3) is 0 Å². The van der Waals surface area contributed by atoms with E-state index in [-0.39, 0.29) is 5.82 Å². The van der Waals surface area contributed by atoms with Crippen LogP contribution < -0.4 is 11.1 Å². The monoisotopic (exact) mass is 309 g/mol. The van der Waals surface area contributed by atoms with E-state index in [0.717, 1.165) is 18.7 Å². The summed E-state index contributed by atoms with van der Waals surface area (Å²) in [6, 6.07) is 6.88. The van der Waals surface area contributed by atoms with Crippen LogP contribution in [0, 0.1) is 5.82 Å². The number of hydrogen-bond donors (Lipinski definition) is 2. The zero-order valence-electron chi connectivity index (χ0n) is 9.66. The predicted molar refractivity (Wildman–Crippen MR) is 74.9 cm³/mol. The zero-order valence-corrected chi connectivity index (χ0v) is 11.2. The van der Waals surface area contributed by atoms with Gasteiger partial charge < -0.3 is 11.1 Å². The molecule has 1 heterocycles. The molecule has 0 aliphatic carbocycles. The highest BCUT2D eigenvalue weighted by Gasteiger charge is 2.05. The Kier molecular flexibility index (Phi) is 4.15. The molecule has 94 valence electrons. The molecule has 0 unspecified atom stereocenters. The summed E-state index contributed by atoms with van der Waals surface area (Å²) in [4.78, 5) is 3.96. The van der Waals surface area contributed by atoms with E-state index in [9.17, 15) is 4.39 Å². The summed E-state index contributed by atoms with van der Waals surface area (Å²) in [6.07, 6.45) is 4.38. The number of nitrogens with two attached hydrogens (primary N) is 1. The van der Waals surface area contributed by atoms with E-state index in [1.165, 1.54) is 11.6 Å². The topological polar surface area (TPSA) is 50.9 Å². The van der Waals surface area contributed by atoms with E-state index in [1.54, 1.807) is 18.5 Å². The van der Waals surface area contributed by atoms with Crippen molar-refractivity contribution in [3.05, 3.63) is 52.5 Å². The van der Waals surface area contributed by atoms with Gasteiger partial charge in [0.1, 0.15) is 5.82 Å². The molecule has 1 aromatic heterocycles. The van der Waals surface area contributed by atoms with Crippen LogP contribution in [0.15, 0.2) is 41.1 Å². The number of aromatic nitrogens is 1. The highest BCUT2D eigenvalue weighted by Crippen LogP contribution is 2.26. The first kappa shape index (κ1) is 12.8. The van der Waals surface area contributed by atoms with Crippen LogP contribution in [0.2, 0.25) is 0 Å². The lowest BCUT2D eigenvalue weighted by molar-refractivity contribution is 0.622. The van der Waals surface area contributed by atoms with Crippen molar-refractivity contribution >= 4 is 27.3 Å². The largest absolute Gasteiger partial charge is 0.397 e. The zero-order chi connectivity index (χ0) is 13.0. The smallest absolute Gasteiger partial charge is 0.139 e. The van der Waals surface area contributed by atoms with E-state index in [4.69, 9.17) is 5.73 Å². The van der Waals surface area contributed by atoms with Gasteiger partial charge in [-0.1, -0.05) is 0 Å². The van der Waals surface area contributed by atoms with Crippen LogP contribution in [0.5, 0.6) is 0 Å². The van der Waals surface area contributed by atoms with Crippen molar-refractivity contribution in [2.24, 2.45) is 0 Å². The van der Waals surface area contributed by atoms with Crippen LogP contribution in [-0.2, 0) is 6.42 Å². The number of halogens is 2. The molecular formula is C13H13BrFN3. The number of hydrogen-bond acceptors (Lipinski definition) is 3. The fourth-order valence-electron chi connectivity index (χ4n) is 1.61. The van der Waals surface area contributed by atoms with Crippen molar-refractivity contribution in [3.8, 4) is 0 Å². The van der Waals surface area contributed by atoms with E-state index in [0.29, 0.717) is 10.2 Å². The molecule has 3 N–H and O–H groups in total. The second kappa shape index (κ2) is 5.82. The van der Waals surface area contributed by atoms with Gasteiger partial charge in [-0.3, -0.25) is 4.98 Å². The van der Waals surface area contributed by atoms with Crippen LogP contribution in [-0.4, -0.2) is 11.5 Å². The van der Waals surface area contributed by atoms with Gasteiger partial charge in [-0.25, -0.2) is 4.39 Å². The summed E-state index contributed by atoms with van der Waals surface area (Å²) in [6.45, 7) is 0.728. The Morgan fingerprint density at radius 3 is 2.72 bits per heavy atom. The fraction of sp³-hybridized carbons (Fsp3) is 0.154. The Morgan fingerprint density at radius 2 is 2.00 bits per heavy atom. The van der Waals surface area contributed by atoms with Gasteiger partial charge in [0.15, 0.2) is 0 Å². The van der Waals surface area contributed by atoms with Crippen LogP contribution in [0.4, 0.5) is 15.8 Å². The van der Waals surface area contributed by atoms with Gasteiger partial charge >= 0.3 is 0 Å². The quantitative estimate of drug-likeness (QED) is 0.853. The average molecular weight is 310 g/mol. The van der Waals surface area contributed by atoms with E-state index in [1.807, 2.05) is 12.1 Å². The Hall–Kier alpha value is -1.62. The molecule has 0 radical (unpaired) electrons. The number of nitrogens with zero attached hydrogens (tertiary/aromatic N) is 1. The molecule has 0 spiro atoms. The summed E-state index contributed by atoms with van der Waals surface area (Å²) in [7, 11) is 0. The summed E-state index contributed by atoms with van der Waals surface area (Å²) >= 11 is 3.14. The number of benzene rings is 1. The third-order valence-electron chi connectivity index (χ3n) is 2.57. The molecule has 2 aromatic rings. The first-order valence-corrected chi connectivity index (χ1v) is 6.33. The molecule has 3 nitrogen and oxygen atoms in total. The normalized spacial score (nSPS) is 10.3. The number of rotatable bonds is 4. The third-order valence-corrected chi connectivity index (χ3v) is 3.18. The summed E-state index contributed by atoms with van der Waals surface area (Å²) in [5.74, 6) is -0.354. The molecule has 0 saturated carbocycles. The molecule has 0 atom stereocenters. The molecule has 1 aromatic carbocycles. The first-order chi connectivity index (χ1) is 8.66. The molecule has 5 heteroatoms. The van der Waals surface area contributed by atoms with Crippen LogP contribution in [0.1, 0.15) is 5.56 Å². The van der Waals surface area contributed by atoms with Gasteiger partial charge in [0.05, 0.1) is 15.8 Å².